The Hall–Kier alpha value is -1.58. The molecule has 0 aliphatic heterocycles. The molecule has 18 heavy (non-hydrogen) atoms. The van der Waals surface area contributed by atoms with E-state index in [0.29, 0.717) is 16.4 Å². The minimum absolute atomic E-state index is 0.0445. The highest BCUT2D eigenvalue weighted by Crippen LogP contribution is 2.30. The van der Waals surface area contributed by atoms with Crippen LogP contribution in [0.15, 0.2) is 35.5 Å². The summed E-state index contributed by atoms with van der Waals surface area (Å²) in [5, 5.41) is 10.4. The molecule has 2 rings (SSSR count). The number of halogens is 2. The largest absolute Gasteiger partial charge is 0.506 e. The van der Waals surface area contributed by atoms with E-state index >= 15 is 0 Å². The first kappa shape index (κ1) is 12.9. The molecule has 1 aromatic heterocycles. The van der Waals surface area contributed by atoms with Crippen LogP contribution >= 0.6 is 23.2 Å². The van der Waals surface area contributed by atoms with Gasteiger partial charge in [0.2, 0.25) is 0 Å². The highest BCUT2D eigenvalue weighted by Gasteiger charge is 2.05. The molecule has 92 valence electrons. The van der Waals surface area contributed by atoms with Gasteiger partial charge in [-0.1, -0.05) is 29.3 Å². The van der Waals surface area contributed by atoms with E-state index in [1.807, 2.05) is 13.0 Å². The van der Waals surface area contributed by atoms with Crippen LogP contribution in [-0.2, 0) is 0 Å². The lowest BCUT2D eigenvalue weighted by atomic mass is 10.2. The molecule has 0 spiro atoms. The van der Waals surface area contributed by atoms with Crippen molar-refractivity contribution in [2.75, 3.05) is 0 Å². The van der Waals surface area contributed by atoms with Crippen LogP contribution in [0.5, 0.6) is 5.75 Å². The third-order valence-electron chi connectivity index (χ3n) is 2.29. The maximum atomic E-state index is 9.74. The number of phenolic OH excluding ortho intramolecular Hbond substituents is 1. The highest BCUT2D eigenvalue weighted by atomic mass is 35.5. The van der Waals surface area contributed by atoms with Crippen LogP contribution in [0.4, 0.5) is 5.82 Å². The summed E-state index contributed by atoms with van der Waals surface area (Å²) < 4.78 is 0. The van der Waals surface area contributed by atoms with E-state index in [2.05, 4.69) is 9.98 Å². The average Bonchev–Trinajstić information content (AvgIpc) is 2.34. The van der Waals surface area contributed by atoms with Gasteiger partial charge in [-0.3, -0.25) is 0 Å². The summed E-state index contributed by atoms with van der Waals surface area (Å²) in [6.07, 6.45) is 3.20. The summed E-state index contributed by atoms with van der Waals surface area (Å²) in [6, 6.07) is 6.75. The number of pyridine rings is 1. The van der Waals surface area contributed by atoms with Crippen molar-refractivity contribution in [3.05, 3.63) is 51.6 Å². The van der Waals surface area contributed by atoms with Gasteiger partial charge in [0.05, 0.1) is 5.02 Å². The summed E-state index contributed by atoms with van der Waals surface area (Å²) in [4.78, 5) is 8.27. The van der Waals surface area contributed by atoms with Crippen LogP contribution in [0.3, 0.4) is 0 Å². The van der Waals surface area contributed by atoms with Gasteiger partial charge in [0.25, 0.3) is 0 Å². The number of hydrogen-bond acceptors (Lipinski definition) is 3. The van der Waals surface area contributed by atoms with Gasteiger partial charge in [0.15, 0.2) is 5.82 Å². The average molecular weight is 281 g/mol. The Bertz CT molecular complexity index is 595. The van der Waals surface area contributed by atoms with Gasteiger partial charge in [-0.2, -0.15) is 0 Å². The van der Waals surface area contributed by atoms with Crippen molar-refractivity contribution in [3.8, 4) is 5.75 Å². The third-order valence-corrected chi connectivity index (χ3v) is 2.80. The first-order chi connectivity index (χ1) is 8.56. The van der Waals surface area contributed by atoms with Crippen molar-refractivity contribution >= 4 is 35.2 Å². The number of aliphatic imine (C=N–C) groups is 1. The monoisotopic (exact) mass is 280 g/mol. The summed E-state index contributed by atoms with van der Waals surface area (Å²) in [6.45, 7) is 1.95. The number of phenols is 1. The van der Waals surface area contributed by atoms with Gasteiger partial charge < -0.3 is 5.11 Å². The molecule has 1 heterocycles. The van der Waals surface area contributed by atoms with Crippen molar-refractivity contribution in [1.82, 2.24) is 4.98 Å². The van der Waals surface area contributed by atoms with E-state index in [1.165, 1.54) is 12.3 Å². The SMILES string of the molecule is Cc1ccc(N=Cc2cc(Cl)cc(Cl)c2O)nc1. The summed E-state index contributed by atoms with van der Waals surface area (Å²) in [5.41, 5.74) is 1.51. The first-order valence-electron chi connectivity index (χ1n) is 5.21. The van der Waals surface area contributed by atoms with Gasteiger partial charge in [0, 0.05) is 23.0 Å². The fraction of sp³-hybridized carbons (Fsp3) is 0.0769. The van der Waals surface area contributed by atoms with Gasteiger partial charge in [-0.25, -0.2) is 9.98 Å². The smallest absolute Gasteiger partial charge is 0.151 e. The molecule has 1 N–H and O–H groups in total. The van der Waals surface area contributed by atoms with Crippen molar-refractivity contribution in [2.24, 2.45) is 4.99 Å². The van der Waals surface area contributed by atoms with E-state index in [4.69, 9.17) is 23.2 Å². The lowest BCUT2D eigenvalue weighted by Gasteiger charge is -2.02. The quantitative estimate of drug-likeness (QED) is 0.840. The van der Waals surface area contributed by atoms with Gasteiger partial charge in [-0.15, -0.1) is 0 Å². The molecule has 0 bridgehead atoms. The fourth-order valence-corrected chi connectivity index (χ4v) is 1.87. The molecule has 0 saturated heterocycles. The summed E-state index contributed by atoms with van der Waals surface area (Å²) >= 11 is 11.7. The standard InChI is InChI=1S/C13H10Cl2N2O/c1-8-2-3-12(16-6-8)17-7-9-4-10(14)5-11(15)13(9)18/h2-7,18H,1H3. The van der Waals surface area contributed by atoms with Gasteiger partial charge >= 0.3 is 0 Å². The summed E-state index contributed by atoms with van der Waals surface area (Å²) in [7, 11) is 0. The molecule has 0 radical (unpaired) electrons. The lowest BCUT2D eigenvalue weighted by molar-refractivity contribution is 0.475. The number of benzene rings is 1. The van der Waals surface area contributed by atoms with Crippen molar-refractivity contribution < 1.29 is 5.11 Å². The second-order valence-corrected chi connectivity index (χ2v) is 4.62. The molecule has 3 nitrogen and oxygen atoms in total. The molecule has 0 fully saturated rings. The second kappa shape index (κ2) is 5.38. The highest BCUT2D eigenvalue weighted by molar-refractivity contribution is 6.36. The van der Waals surface area contributed by atoms with E-state index < -0.39 is 0 Å². The Morgan fingerprint density at radius 3 is 2.72 bits per heavy atom. The van der Waals surface area contributed by atoms with E-state index in [0.717, 1.165) is 5.56 Å². The van der Waals surface area contributed by atoms with E-state index in [-0.39, 0.29) is 10.8 Å². The molecule has 0 amide bonds. The fourth-order valence-electron chi connectivity index (χ4n) is 1.36. The number of hydrogen-bond donors (Lipinski definition) is 1. The topological polar surface area (TPSA) is 45.5 Å². The maximum Gasteiger partial charge on any atom is 0.151 e. The van der Waals surface area contributed by atoms with E-state index in [9.17, 15) is 5.11 Å². The molecule has 0 saturated carbocycles. The Morgan fingerprint density at radius 2 is 2.06 bits per heavy atom. The number of aromatic nitrogens is 1. The molecule has 0 aliphatic rings. The zero-order valence-corrected chi connectivity index (χ0v) is 11.1. The zero-order valence-electron chi connectivity index (χ0n) is 9.56. The molecular weight excluding hydrogens is 271 g/mol. The number of nitrogens with zero attached hydrogens (tertiary/aromatic N) is 2. The molecule has 2 aromatic rings. The van der Waals surface area contributed by atoms with Crippen molar-refractivity contribution in [1.29, 1.82) is 0 Å². The Balaban J connectivity index is 2.31. The van der Waals surface area contributed by atoms with E-state index in [1.54, 1.807) is 18.3 Å². The second-order valence-electron chi connectivity index (χ2n) is 3.78. The molecule has 0 atom stereocenters. The van der Waals surface area contributed by atoms with Crippen LogP contribution < -0.4 is 0 Å². The molecule has 1 aromatic carbocycles. The van der Waals surface area contributed by atoms with Crippen LogP contribution in [-0.4, -0.2) is 16.3 Å². The predicted octanol–water partition coefficient (Wildman–Crippen LogP) is 4.15. The molecule has 0 unspecified atom stereocenters. The lowest BCUT2D eigenvalue weighted by Crippen LogP contribution is -1.85. The summed E-state index contributed by atoms with van der Waals surface area (Å²) in [5.74, 6) is 0.507. The van der Waals surface area contributed by atoms with Crippen LogP contribution in [0.25, 0.3) is 0 Å². The molecular formula is C13H10Cl2N2O. The van der Waals surface area contributed by atoms with Gasteiger partial charge in [-0.05, 0) is 30.7 Å². The Labute approximate surface area is 115 Å². The minimum Gasteiger partial charge on any atom is -0.506 e. The molecule has 0 aliphatic carbocycles. The predicted molar refractivity (Wildman–Crippen MR) is 74.4 cm³/mol. The van der Waals surface area contributed by atoms with Gasteiger partial charge in [0.1, 0.15) is 5.75 Å². The van der Waals surface area contributed by atoms with Crippen molar-refractivity contribution in [2.45, 2.75) is 6.92 Å². The first-order valence-corrected chi connectivity index (χ1v) is 5.96. The molecule has 5 heteroatoms. The number of aromatic hydroxyl groups is 1. The maximum absolute atomic E-state index is 9.74. The number of aryl methyl sites for hydroxylation is 1. The van der Waals surface area contributed by atoms with Crippen LogP contribution in [0.2, 0.25) is 10.0 Å². The number of rotatable bonds is 2. The van der Waals surface area contributed by atoms with Crippen molar-refractivity contribution in [3.63, 3.8) is 0 Å². The normalized spacial score (nSPS) is 11.1. The third kappa shape index (κ3) is 3.00. The van der Waals surface area contributed by atoms with Crippen LogP contribution in [0, 0.1) is 6.92 Å². The minimum atomic E-state index is -0.0445. The Kier molecular flexibility index (Phi) is 3.84. The zero-order chi connectivity index (χ0) is 13.1. The van der Waals surface area contributed by atoms with Crippen LogP contribution in [0.1, 0.15) is 11.1 Å². The Morgan fingerprint density at radius 1 is 1.28 bits per heavy atom.